The largest absolute Gasteiger partial charge is 0.366 e. The first-order chi connectivity index (χ1) is 12.8. The third kappa shape index (κ3) is 4.27. The Morgan fingerprint density at radius 2 is 2.15 bits per heavy atom. The number of carbonyl (C=O) groups is 1. The van der Waals surface area contributed by atoms with Gasteiger partial charge in [-0.25, -0.2) is 0 Å². The highest BCUT2D eigenvalue weighted by molar-refractivity contribution is 5.81. The number of morpholine rings is 1. The molecular weight excluding hydrogens is 330 g/mol. The maximum atomic E-state index is 12.2. The van der Waals surface area contributed by atoms with E-state index in [2.05, 4.69) is 26.3 Å². The normalized spacial score (nSPS) is 25.5. The summed E-state index contributed by atoms with van der Waals surface area (Å²) in [5, 5.41) is 10.9. The second-order valence-electron chi connectivity index (χ2n) is 7.75. The van der Waals surface area contributed by atoms with Crippen LogP contribution in [0.2, 0.25) is 0 Å². The highest BCUT2D eigenvalue weighted by atomic mass is 16.5. The summed E-state index contributed by atoms with van der Waals surface area (Å²) in [7, 11) is 0. The molecule has 3 aliphatic rings. The monoisotopic (exact) mass is 361 g/mol. The summed E-state index contributed by atoms with van der Waals surface area (Å²) < 4.78 is 7.64. The smallest absolute Gasteiger partial charge is 0.250 e. The van der Waals surface area contributed by atoms with Crippen molar-refractivity contribution in [2.24, 2.45) is 0 Å². The molecule has 144 valence electrons. The van der Waals surface area contributed by atoms with Gasteiger partial charge in [0.2, 0.25) is 0 Å². The Balaban J connectivity index is 1.34. The zero-order chi connectivity index (χ0) is 17.8. The minimum absolute atomic E-state index is 0.0516. The van der Waals surface area contributed by atoms with E-state index in [4.69, 9.17) is 9.84 Å². The van der Waals surface area contributed by atoms with Gasteiger partial charge in [0.1, 0.15) is 6.10 Å². The molecule has 1 atom stereocenters. The fraction of sp³-hybridized carbons (Fsp3) is 0.789. The molecule has 26 heavy (non-hydrogen) atoms. The quantitative estimate of drug-likeness (QED) is 0.838. The van der Waals surface area contributed by atoms with Crippen LogP contribution in [0.1, 0.15) is 49.9 Å². The van der Waals surface area contributed by atoms with Gasteiger partial charge in [-0.15, -0.1) is 0 Å². The molecule has 2 fully saturated rings. The fourth-order valence-electron chi connectivity index (χ4n) is 4.42. The summed E-state index contributed by atoms with van der Waals surface area (Å²) in [6.45, 7) is 5.60. The van der Waals surface area contributed by atoms with Gasteiger partial charge in [-0.1, -0.05) is 19.3 Å². The van der Waals surface area contributed by atoms with Gasteiger partial charge in [-0.05, 0) is 25.3 Å². The molecule has 0 radical (unpaired) electrons. The molecule has 2 aliphatic heterocycles. The maximum Gasteiger partial charge on any atom is 0.250 e. The molecular formula is C19H31N5O2. The van der Waals surface area contributed by atoms with Crippen LogP contribution in [0.5, 0.6) is 0 Å². The number of carbonyl (C=O) groups excluding carboxylic acids is 1. The second-order valence-corrected chi connectivity index (χ2v) is 7.75. The van der Waals surface area contributed by atoms with Gasteiger partial charge in [-0.3, -0.25) is 14.4 Å². The zero-order valence-electron chi connectivity index (χ0n) is 15.6. The minimum atomic E-state index is -0.383. The van der Waals surface area contributed by atoms with Crippen LogP contribution in [0, 0.1) is 0 Å². The summed E-state index contributed by atoms with van der Waals surface area (Å²) >= 11 is 0. The summed E-state index contributed by atoms with van der Waals surface area (Å²) in [4.78, 5) is 14.9. The van der Waals surface area contributed by atoms with E-state index in [-0.39, 0.29) is 12.0 Å². The van der Waals surface area contributed by atoms with Crippen molar-refractivity contribution in [3.05, 3.63) is 17.5 Å². The summed E-state index contributed by atoms with van der Waals surface area (Å²) in [5.41, 5.74) is 2.23. The first-order valence-corrected chi connectivity index (χ1v) is 10.2. The fourth-order valence-corrected chi connectivity index (χ4v) is 4.42. The van der Waals surface area contributed by atoms with Gasteiger partial charge in [-0.2, -0.15) is 5.10 Å². The molecule has 1 saturated heterocycles. The van der Waals surface area contributed by atoms with Gasteiger partial charge in [0.05, 0.1) is 24.5 Å². The number of aryl methyl sites for hydroxylation is 1. The molecule has 0 bridgehead atoms. The van der Waals surface area contributed by atoms with Gasteiger partial charge < -0.3 is 15.4 Å². The Morgan fingerprint density at radius 3 is 2.96 bits per heavy atom. The molecule has 4 rings (SSSR count). The number of amides is 1. The zero-order valence-corrected chi connectivity index (χ0v) is 15.6. The van der Waals surface area contributed by atoms with Gasteiger partial charge in [0, 0.05) is 38.8 Å². The van der Waals surface area contributed by atoms with E-state index in [1.165, 1.54) is 44.3 Å². The van der Waals surface area contributed by atoms with E-state index in [1.807, 2.05) is 0 Å². The molecule has 3 heterocycles. The molecule has 0 aromatic carbocycles. The Kier molecular flexibility index (Phi) is 5.87. The third-order valence-corrected chi connectivity index (χ3v) is 5.85. The van der Waals surface area contributed by atoms with Crippen LogP contribution >= 0.6 is 0 Å². The van der Waals surface area contributed by atoms with Crippen molar-refractivity contribution in [3.63, 3.8) is 0 Å². The molecule has 1 aromatic heterocycles. The SMILES string of the molecule is O=C(NCc1cc2n(n1)CCCN(C1CCCCC1)C2)C1CNCCO1. The lowest BCUT2D eigenvalue weighted by molar-refractivity contribution is -0.134. The lowest BCUT2D eigenvalue weighted by Crippen LogP contribution is -2.47. The first-order valence-electron chi connectivity index (χ1n) is 10.2. The average molecular weight is 361 g/mol. The van der Waals surface area contributed by atoms with Crippen molar-refractivity contribution >= 4 is 5.91 Å². The molecule has 1 unspecified atom stereocenters. The topological polar surface area (TPSA) is 71.4 Å². The highest BCUT2D eigenvalue weighted by Gasteiger charge is 2.25. The van der Waals surface area contributed by atoms with Gasteiger partial charge >= 0.3 is 0 Å². The Morgan fingerprint density at radius 1 is 1.27 bits per heavy atom. The van der Waals surface area contributed by atoms with Gasteiger partial charge in [0.25, 0.3) is 5.91 Å². The van der Waals surface area contributed by atoms with Crippen LogP contribution in [-0.4, -0.2) is 59.0 Å². The van der Waals surface area contributed by atoms with Crippen molar-refractivity contribution in [2.45, 2.75) is 70.3 Å². The molecule has 1 aromatic rings. The average Bonchev–Trinajstić information content (AvgIpc) is 2.97. The first kappa shape index (κ1) is 17.9. The summed E-state index contributed by atoms with van der Waals surface area (Å²) in [6, 6.07) is 2.91. The molecule has 1 saturated carbocycles. The van der Waals surface area contributed by atoms with E-state index >= 15 is 0 Å². The van der Waals surface area contributed by atoms with E-state index in [9.17, 15) is 4.79 Å². The lowest BCUT2D eigenvalue weighted by Gasteiger charge is -2.33. The van der Waals surface area contributed by atoms with Crippen molar-refractivity contribution in [1.29, 1.82) is 0 Å². The predicted molar refractivity (Wildman–Crippen MR) is 98.6 cm³/mol. The number of fused-ring (bicyclic) bond motifs is 1. The van der Waals surface area contributed by atoms with Crippen LogP contribution in [0.25, 0.3) is 0 Å². The van der Waals surface area contributed by atoms with Crippen LogP contribution in [0.15, 0.2) is 6.07 Å². The third-order valence-electron chi connectivity index (χ3n) is 5.85. The Labute approximate surface area is 155 Å². The highest BCUT2D eigenvalue weighted by Crippen LogP contribution is 2.26. The maximum absolute atomic E-state index is 12.2. The van der Waals surface area contributed by atoms with Crippen LogP contribution in [0.4, 0.5) is 0 Å². The molecule has 1 amide bonds. The van der Waals surface area contributed by atoms with Crippen LogP contribution in [-0.2, 0) is 29.2 Å². The molecule has 1 aliphatic carbocycles. The van der Waals surface area contributed by atoms with E-state index in [0.29, 0.717) is 19.7 Å². The molecule has 7 heteroatoms. The molecule has 2 N–H and O–H groups in total. The van der Waals surface area contributed by atoms with Crippen molar-refractivity contribution in [2.75, 3.05) is 26.2 Å². The summed E-state index contributed by atoms with van der Waals surface area (Å²) in [6.07, 6.45) is 7.58. The standard InChI is InChI=1S/C19H31N5O2/c25-19(18-13-20-7-10-26-18)21-12-15-11-17-14-23(8-4-9-24(17)22-15)16-5-2-1-3-6-16/h11,16,18,20H,1-10,12-14H2,(H,21,25). The van der Waals surface area contributed by atoms with Crippen LogP contribution in [0.3, 0.4) is 0 Å². The van der Waals surface area contributed by atoms with Crippen LogP contribution < -0.4 is 10.6 Å². The van der Waals surface area contributed by atoms with Crippen molar-refractivity contribution in [3.8, 4) is 0 Å². The van der Waals surface area contributed by atoms with Crippen molar-refractivity contribution < 1.29 is 9.53 Å². The number of nitrogens with one attached hydrogen (secondary N) is 2. The minimum Gasteiger partial charge on any atom is -0.366 e. The molecule has 0 spiro atoms. The number of hydrogen-bond acceptors (Lipinski definition) is 5. The van der Waals surface area contributed by atoms with Crippen molar-refractivity contribution in [1.82, 2.24) is 25.3 Å². The Hall–Kier alpha value is -1.44. The summed E-state index contributed by atoms with van der Waals surface area (Å²) in [5.74, 6) is -0.0516. The van der Waals surface area contributed by atoms with Gasteiger partial charge in [0.15, 0.2) is 0 Å². The number of hydrogen-bond donors (Lipinski definition) is 2. The number of ether oxygens (including phenoxy) is 1. The lowest BCUT2D eigenvalue weighted by atomic mass is 9.94. The number of nitrogens with zero attached hydrogens (tertiary/aromatic N) is 3. The van der Waals surface area contributed by atoms with E-state index in [0.717, 1.165) is 37.8 Å². The number of aromatic nitrogens is 2. The van der Waals surface area contributed by atoms with E-state index < -0.39 is 0 Å². The second kappa shape index (κ2) is 8.50. The van der Waals surface area contributed by atoms with E-state index in [1.54, 1.807) is 0 Å². The Bertz CT molecular complexity index is 605. The predicted octanol–water partition coefficient (Wildman–Crippen LogP) is 1.03. The number of rotatable bonds is 4. The molecule has 7 nitrogen and oxygen atoms in total.